The summed E-state index contributed by atoms with van der Waals surface area (Å²) in [5.74, 6) is 0. The zero-order valence-electron chi connectivity index (χ0n) is 41.8. The second kappa shape index (κ2) is 12.5. The van der Waals surface area contributed by atoms with Crippen LogP contribution in [0.1, 0.15) is 128 Å². The van der Waals surface area contributed by atoms with Crippen molar-refractivity contribution in [2.24, 2.45) is 0 Å². The van der Waals surface area contributed by atoms with E-state index in [1.54, 1.807) is 0 Å². The summed E-state index contributed by atoms with van der Waals surface area (Å²) in [6, 6.07) is 55.3. The van der Waals surface area contributed by atoms with Crippen molar-refractivity contribution in [1.29, 1.82) is 0 Å². The summed E-state index contributed by atoms with van der Waals surface area (Å²) in [5.41, 5.74) is 30.9. The molecule has 0 atom stereocenters. The summed E-state index contributed by atoms with van der Waals surface area (Å²) in [7, 11) is 0. The van der Waals surface area contributed by atoms with Crippen LogP contribution in [-0.2, 0) is 27.1 Å². The molecule has 0 amide bonds. The first-order chi connectivity index (χ1) is 32.3. The van der Waals surface area contributed by atoms with E-state index in [1.165, 1.54) is 139 Å². The SMILES string of the molecule is CC(C)(C)c1ccc(N2B3c4cc5c(cc4-n4c6ccc(C(C)(C)C)cc6c6c7c(c(c3c64)-c3cc4c(cc32)-c2ccccc2C4(C)C)-c2ccccc2C7(C)C)-c2ccccc2C5(C)C)cc1. The van der Waals surface area contributed by atoms with Crippen LogP contribution in [0.15, 0.2) is 140 Å². The van der Waals surface area contributed by atoms with Crippen molar-refractivity contribution < 1.29 is 0 Å². The monoisotopic (exact) mass is 878 g/mol. The Morgan fingerprint density at radius 2 is 0.971 bits per heavy atom. The maximum absolute atomic E-state index is 2.78. The molecule has 0 N–H and O–H groups in total. The highest BCUT2D eigenvalue weighted by Gasteiger charge is 2.52. The molecule has 3 aliphatic carbocycles. The van der Waals surface area contributed by atoms with Crippen LogP contribution in [0.3, 0.4) is 0 Å². The molecular weight excluding hydrogens is 820 g/mol. The van der Waals surface area contributed by atoms with Crippen molar-refractivity contribution in [1.82, 2.24) is 4.57 Å². The first kappa shape index (κ1) is 40.5. The summed E-state index contributed by atoms with van der Waals surface area (Å²) >= 11 is 0. The van der Waals surface area contributed by atoms with Crippen LogP contribution in [0.4, 0.5) is 11.4 Å². The molecule has 0 saturated heterocycles. The molecule has 1 aromatic heterocycles. The van der Waals surface area contributed by atoms with Crippen LogP contribution < -0.4 is 15.7 Å². The third kappa shape index (κ3) is 4.81. The first-order valence-corrected chi connectivity index (χ1v) is 25.1. The number of anilines is 2. The topological polar surface area (TPSA) is 8.17 Å². The predicted octanol–water partition coefficient (Wildman–Crippen LogP) is 15.5. The molecule has 332 valence electrons. The Bertz CT molecular complexity index is 3780. The lowest BCUT2D eigenvalue weighted by Crippen LogP contribution is -2.61. The van der Waals surface area contributed by atoms with E-state index in [0.29, 0.717) is 0 Å². The lowest BCUT2D eigenvalue weighted by molar-refractivity contribution is 0.590. The van der Waals surface area contributed by atoms with E-state index < -0.39 is 0 Å². The normalized spacial score (nSPS) is 16.8. The molecule has 0 saturated carbocycles. The van der Waals surface area contributed by atoms with Gasteiger partial charge in [-0.25, -0.2) is 0 Å². The maximum Gasteiger partial charge on any atom is 0.333 e. The van der Waals surface area contributed by atoms with E-state index in [-0.39, 0.29) is 33.9 Å². The molecule has 14 rings (SSSR count). The van der Waals surface area contributed by atoms with Crippen molar-refractivity contribution in [3.05, 3.63) is 184 Å². The highest BCUT2D eigenvalue weighted by atomic mass is 15.1. The molecule has 8 aromatic carbocycles. The molecule has 0 radical (unpaired) electrons. The minimum atomic E-state index is -0.249. The Labute approximate surface area is 402 Å². The van der Waals surface area contributed by atoms with E-state index in [0.717, 1.165) is 0 Å². The van der Waals surface area contributed by atoms with E-state index in [2.05, 4.69) is 232 Å². The Kier molecular flexibility index (Phi) is 7.47. The maximum atomic E-state index is 2.78. The van der Waals surface area contributed by atoms with E-state index in [1.807, 2.05) is 0 Å². The number of benzene rings is 8. The number of nitrogens with zero attached hydrogens (tertiary/aromatic N) is 2. The molecule has 0 bridgehead atoms. The van der Waals surface area contributed by atoms with Gasteiger partial charge in [-0.15, -0.1) is 0 Å². The molecule has 2 aliphatic heterocycles. The Hall–Kier alpha value is -6.58. The molecule has 3 heteroatoms. The van der Waals surface area contributed by atoms with Gasteiger partial charge in [0.2, 0.25) is 0 Å². The average molecular weight is 879 g/mol. The Morgan fingerprint density at radius 3 is 1.57 bits per heavy atom. The number of aromatic nitrogens is 1. The molecule has 0 spiro atoms. The standard InChI is InChI=1S/C65H59BN2/c1-61(2,3)36-25-28-38(29-26-36)68-53-33-42-39-19-13-16-22-46(39)63(7,8)49(42)32-45(53)56-55-41-21-15-18-24-48(41)65(11,12)58(55)57-44-31-37(62(4,5)6)27-30-52(44)67-54-34-43-40-20-14-17-23-47(40)64(9,10)50(43)35-51(54)66(68)59(56)60(57)67/h13-35H,1-12H3. The summed E-state index contributed by atoms with van der Waals surface area (Å²) in [5, 5.41) is 2.77. The van der Waals surface area contributed by atoms with Gasteiger partial charge < -0.3 is 9.38 Å². The lowest BCUT2D eigenvalue weighted by Gasteiger charge is -2.44. The van der Waals surface area contributed by atoms with Gasteiger partial charge in [0.05, 0.1) is 11.0 Å². The van der Waals surface area contributed by atoms with Gasteiger partial charge in [-0.05, 0) is 148 Å². The van der Waals surface area contributed by atoms with Gasteiger partial charge in [0.25, 0.3) is 0 Å². The predicted molar refractivity (Wildman–Crippen MR) is 290 cm³/mol. The fourth-order valence-electron chi connectivity index (χ4n) is 14.1. The van der Waals surface area contributed by atoms with Crippen LogP contribution in [0, 0.1) is 0 Å². The number of fused-ring (bicyclic) bond motifs is 19. The second-order valence-electron chi connectivity index (χ2n) is 24.5. The van der Waals surface area contributed by atoms with Crippen LogP contribution in [-0.4, -0.2) is 11.4 Å². The number of rotatable bonds is 1. The highest BCUT2D eigenvalue weighted by molar-refractivity contribution is 6.94. The van der Waals surface area contributed by atoms with Crippen molar-refractivity contribution in [2.45, 2.75) is 110 Å². The van der Waals surface area contributed by atoms with E-state index in [9.17, 15) is 0 Å². The van der Waals surface area contributed by atoms with Gasteiger partial charge in [0.15, 0.2) is 0 Å². The average Bonchev–Trinajstić information content (AvgIpc) is 3.93. The minimum Gasteiger partial charge on any atom is -0.376 e. The van der Waals surface area contributed by atoms with Crippen molar-refractivity contribution >= 4 is 51.0 Å². The lowest BCUT2D eigenvalue weighted by atomic mass is 9.43. The van der Waals surface area contributed by atoms with Crippen molar-refractivity contribution in [3.8, 4) is 50.2 Å². The number of hydrogen-bond acceptors (Lipinski definition) is 1. The number of hydrogen-bond donors (Lipinski definition) is 0. The fourth-order valence-corrected chi connectivity index (χ4v) is 14.1. The zero-order chi connectivity index (χ0) is 46.9. The molecule has 9 aromatic rings. The smallest absolute Gasteiger partial charge is 0.333 e. The van der Waals surface area contributed by atoms with Gasteiger partial charge >= 0.3 is 6.85 Å². The summed E-state index contributed by atoms with van der Waals surface area (Å²) < 4.78 is 2.73. The van der Waals surface area contributed by atoms with Crippen molar-refractivity contribution in [3.63, 3.8) is 0 Å². The van der Waals surface area contributed by atoms with Gasteiger partial charge in [0, 0.05) is 49.6 Å². The van der Waals surface area contributed by atoms with Crippen LogP contribution >= 0.6 is 0 Å². The summed E-state index contributed by atoms with van der Waals surface area (Å²) in [6.07, 6.45) is 0. The first-order valence-electron chi connectivity index (χ1n) is 25.1. The third-order valence-electron chi connectivity index (χ3n) is 17.6. The molecule has 5 aliphatic rings. The van der Waals surface area contributed by atoms with Crippen LogP contribution in [0.25, 0.3) is 72.0 Å². The van der Waals surface area contributed by atoms with Gasteiger partial charge in [0.1, 0.15) is 0 Å². The largest absolute Gasteiger partial charge is 0.376 e. The van der Waals surface area contributed by atoms with Gasteiger partial charge in [-0.3, -0.25) is 0 Å². The second-order valence-corrected chi connectivity index (χ2v) is 24.5. The molecular formula is C65H59BN2. The van der Waals surface area contributed by atoms with Gasteiger partial charge in [-0.1, -0.05) is 180 Å². The zero-order valence-corrected chi connectivity index (χ0v) is 41.8. The third-order valence-corrected chi connectivity index (χ3v) is 17.6. The molecule has 2 nitrogen and oxygen atoms in total. The van der Waals surface area contributed by atoms with Crippen LogP contribution in [0.5, 0.6) is 0 Å². The van der Waals surface area contributed by atoms with E-state index in [4.69, 9.17) is 0 Å². The summed E-state index contributed by atoms with van der Waals surface area (Å²) in [4.78, 5) is 2.78. The molecule has 3 heterocycles. The van der Waals surface area contributed by atoms with Crippen molar-refractivity contribution in [2.75, 3.05) is 4.81 Å². The van der Waals surface area contributed by atoms with E-state index >= 15 is 0 Å². The Balaban J connectivity index is 1.23. The highest BCUT2D eigenvalue weighted by Crippen LogP contribution is 2.61. The molecule has 68 heavy (non-hydrogen) atoms. The van der Waals surface area contributed by atoms with Crippen LogP contribution in [0.2, 0.25) is 0 Å². The van der Waals surface area contributed by atoms with Gasteiger partial charge in [-0.2, -0.15) is 0 Å². The molecule has 0 fully saturated rings. The minimum absolute atomic E-state index is 0.0189. The summed E-state index contributed by atoms with van der Waals surface area (Å²) in [6.45, 7) is 28.7. The quantitative estimate of drug-likeness (QED) is 0.149. The Morgan fingerprint density at radius 1 is 0.441 bits per heavy atom. The fraction of sp³-hybridized carbons (Fsp3) is 0.262. The molecule has 0 unspecified atom stereocenters.